The predicted molar refractivity (Wildman–Crippen MR) is 178 cm³/mol. The molecule has 2 heterocycles. The van der Waals surface area contributed by atoms with Crippen molar-refractivity contribution in [2.24, 2.45) is 0 Å². The number of likely N-dealkylation sites (N-methyl/N-ethyl adjacent to an activating group) is 1. The summed E-state index contributed by atoms with van der Waals surface area (Å²) >= 11 is 6.58. The van der Waals surface area contributed by atoms with Crippen LogP contribution >= 0.6 is 11.6 Å². The molecule has 8 nitrogen and oxygen atoms in total. The lowest BCUT2D eigenvalue weighted by Gasteiger charge is -2.20. The van der Waals surface area contributed by atoms with Crippen LogP contribution in [0.25, 0.3) is 22.0 Å². The van der Waals surface area contributed by atoms with Gasteiger partial charge in [0.1, 0.15) is 18.4 Å². The van der Waals surface area contributed by atoms with E-state index in [0.717, 1.165) is 35.0 Å². The van der Waals surface area contributed by atoms with E-state index in [2.05, 4.69) is 21.3 Å². The summed E-state index contributed by atoms with van der Waals surface area (Å²) in [6.45, 7) is 2.98. The third-order valence-corrected chi connectivity index (χ3v) is 10.1. The zero-order valence-electron chi connectivity index (χ0n) is 24.8. The number of halogens is 1. The van der Waals surface area contributed by atoms with Crippen molar-refractivity contribution in [3.8, 4) is 22.9 Å². The van der Waals surface area contributed by atoms with Crippen LogP contribution in [0.2, 0.25) is 5.02 Å². The highest BCUT2D eigenvalue weighted by atomic mass is 35.5. The Labute approximate surface area is 268 Å². The highest BCUT2D eigenvalue weighted by Gasteiger charge is 2.26. The van der Waals surface area contributed by atoms with E-state index in [1.807, 2.05) is 73.8 Å². The van der Waals surface area contributed by atoms with Crippen LogP contribution in [0.15, 0.2) is 102 Å². The molecule has 1 fully saturated rings. The van der Waals surface area contributed by atoms with Crippen molar-refractivity contribution in [1.82, 2.24) is 14.2 Å². The van der Waals surface area contributed by atoms with Crippen LogP contribution < -0.4 is 10.1 Å². The molecule has 0 unspecified atom stereocenters. The Bertz CT molecular complexity index is 1980. The summed E-state index contributed by atoms with van der Waals surface area (Å²) in [6.07, 6.45) is 2.35. The van der Waals surface area contributed by atoms with E-state index in [0.29, 0.717) is 59.5 Å². The van der Waals surface area contributed by atoms with Gasteiger partial charge in [0.15, 0.2) is 0 Å². The smallest absolute Gasteiger partial charge is 0.243 e. The molecule has 1 N–H and O–H groups in total. The number of fused-ring (bicyclic) bond motifs is 1. The molecule has 6 rings (SSSR count). The lowest BCUT2D eigenvalue weighted by Crippen LogP contribution is -2.34. The molecule has 0 atom stereocenters. The number of anilines is 2. The number of benzene rings is 4. The van der Waals surface area contributed by atoms with Crippen molar-refractivity contribution in [1.29, 1.82) is 5.26 Å². The second kappa shape index (κ2) is 13.3. The molecule has 0 aliphatic carbocycles. The number of aromatic nitrogens is 1. The molecule has 1 saturated heterocycles. The van der Waals surface area contributed by atoms with Gasteiger partial charge in [0.2, 0.25) is 10.0 Å². The van der Waals surface area contributed by atoms with Crippen molar-refractivity contribution < 1.29 is 13.2 Å². The molecule has 1 aromatic heterocycles. The molecule has 0 bridgehead atoms. The zero-order valence-corrected chi connectivity index (χ0v) is 26.4. The molecule has 0 amide bonds. The van der Waals surface area contributed by atoms with Crippen LogP contribution in [-0.2, 0) is 16.6 Å². The highest BCUT2D eigenvalue weighted by Crippen LogP contribution is 2.35. The Morgan fingerprint density at radius 2 is 1.71 bits per heavy atom. The SMILES string of the molecule is CN1CCCN(S(=O)(=O)c2ccc(-c3ccc4ncc(C#N)c(Nc5ccc(OCc6ccccc6)c(Cl)c5)c4c3)cc2)CC1. The molecular formula is C35H32ClN5O3S. The number of hydrogen-bond donors (Lipinski definition) is 1. The second-order valence-corrected chi connectivity index (χ2v) is 13.4. The van der Waals surface area contributed by atoms with Gasteiger partial charge in [-0.1, -0.05) is 60.1 Å². The third-order valence-electron chi connectivity index (χ3n) is 7.93. The first-order valence-electron chi connectivity index (χ1n) is 14.7. The van der Waals surface area contributed by atoms with Crippen molar-refractivity contribution in [2.45, 2.75) is 17.9 Å². The number of ether oxygens (including phenoxy) is 1. The van der Waals surface area contributed by atoms with Gasteiger partial charge in [0.05, 0.1) is 26.7 Å². The Balaban J connectivity index is 1.26. The molecule has 10 heteroatoms. The number of nitriles is 1. The summed E-state index contributed by atoms with van der Waals surface area (Å²) in [6, 6.07) is 30.3. The minimum absolute atomic E-state index is 0.278. The van der Waals surface area contributed by atoms with Gasteiger partial charge < -0.3 is 15.0 Å². The summed E-state index contributed by atoms with van der Waals surface area (Å²) in [5.74, 6) is 0.557. The van der Waals surface area contributed by atoms with Crippen molar-refractivity contribution >= 4 is 43.9 Å². The molecule has 228 valence electrons. The van der Waals surface area contributed by atoms with Crippen LogP contribution in [0.1, 0.15) is 17.5 Å². The van der Waals surface area contributed by atoms with Crippen LogP contribution in [0.4, 0.5) is 11.4 Å². The standard InChI is InChI=1S/C35H32ClN5O3S/c1-40-16-5-17-41(19-18-40)45(42,43)30-12-8-26(9-13-30)27-10-14-33-31(20-27)35(28(22-37)23-38-33)39-29-11-15-34(32(36)21-29)44-24-25-6-3-2-4-7-25/h2-4,6-15,20-21,23H,5,16-19,24H2,1H3,(H,38,39). The maximum atomic E-state index is 13.3. The predicted octanol–water partition coefficient (Wildman–Crippen LogP) is 7.08. The summed E-state index contributed by atoms with van der Waals surface area (Å²) in [7, 11) is -1.57. The fourth-order valence-corrected chi connectivity index (χ4v) is 7.10. The van der Waals surface area contributed by atoms with E-state index in [-0.39, 0.29) is 4.90 Å². The molecule has 1 aliphatic rings. The van der Waals surface area contributed by atoms with Gasteiger partial charge in [0, 0.05) is 36.9 Å². The normalized spacial score (nSPS) is 14.5. The molecule has 4 aromatic carbocycles. The lowest BCUT2D eigenvalue weighted by molar-refractivity contribution is 0.306. The largest absolute Gasteiger partial charge is 0.487 e. The minimum Gasteiger partial charge on any atom is -0.487 e. The summed E-state index contributed by atoms with van der Waals surface area (Å²) in [5.41, 5.74) is 5.13. The summed E-state index contributed by atoms with van der Waals surface area (Å²) in [4.78, 5) is 6.92. The number of nitrogens with one attached hydrogen (secondary N) is 1. The van der Waals surface area contributed by atoms with Crippen molar-refractivity contribution in [2.75, 3.05) is 38.5 Å². The number of nitrogens with zero attached hydrogens (tertiary/aromatic N) is 4. The molecule has 5 aromatic rings. The fraction of sp³-hybridized carbons (Fsp3) is 0.200. The molecule has 45 heavy (non-hydrogen) atoms. The lowest BCUT2D eigenvalue weighted by atomic mass is 10.0. The van der Waals surface area contributed by atoms with E-state index in [1.165, 1.54) is 0 Å². The molecule has 0 saturated carbocycles. The van der Waals surface area contributed by atoms with Gasteiger partial charge in [-0.3, -0.25) is 4.98 Å². The van der Waals surface area contributed by atoms with Crippen LogP contribution in [0.3, 0.4) is 0 Å². The van der Waals surface area contributed by atoms with Gasteiger partial charge in [0.25, 0.3) is 0 Å². The van der Waals surface area contributed by atoms with Gasteiger partial charge in [-0.15, -0.1) is 0 Å². The summed E-state index contributed by atoms with van der Waals surface area (Å²) in [5, 5.41) is 14.5. The molecule has 0 spiro atoms. The first kappa shape index (κ1) is 30.6. The van der Waals surface area contributed by atoms with E-state index < -0.39 is 10.0 Å². The van der Waals surface area contributed by atoms with Gasteiger partial charge in [-0.25, -0.2) is 8.42 Å². The molecule has 1 aliphatic heterocycles. The van der Waals surface area contributed by atoms with Crippen molar-refractivity contribution in [3.63, 3.8) is 0 Å². The first-order chi connectivity index (χ1) is 21.8. The van der Waals surface area contributed by atoms with Gasteiger partial charge in [-0.05, 0) is 79.2 Å². The Morgan fingerprint density at radius 1 is 0.933 bits per heavy atom. The van der Waals surface area contributed by atoms with Gasteiger partial charge >= 0.3 is 0 Å². The summed E-state index contributed by atoms with van der Waals surface area (Å²) < 4.78 is 34.2. The first-order valence-corrected chi connectivity index (χ1v) is 16.5. The molecule has 0 radical (unpaired) electrons. The quantitative estimate of drug-likeness (QED) is 0.194. The minimum atomic E-state index is -3.59. The van der Waals surface area contributed by atoms with Crippen LogP contribution in [-0.4, -0.2) is 55.8 Å². The maximum absolute atomic E-state index is 13.3. The Morgan fingerprint density at radius 3 is 2.47 bits per heavy atom. The Kier molecular flexibility index (Phi) is 9.01. The number of rotatable bonds is 8. The number of pyridine rings is 1. The Hall–Kier alpha value is -4.46. The number of sulfonamides is 1. The van der Waals surface area contributed by atoms with E-state index in [9.17, 15) is 13.7 Å². The van der Waals surface area contributed by atoms with Crippen LogP contribution in [0, 0.1) is 11.3 Å². The van der Waals surface area contributed by atoms with Gasteiger partial charge in [-0.2, -0.15) is 9.57 Å². The van der Waals surface area contributed by atoms with E-state index in [1.54, 1.807) is 34.8 Å². The van der Waals surface area contributed by atoms with Crippen LogP contribution in [0.5, 0.6) is 5.75 Å². The topological polar surface area (TPSA) is 98.6 Å². The second-order valence-electron chi connectivity index (χ2n) is 11.0. The maximum Gasteiger partial charge on any atom is 0.243 e. The third kappa shape index (κ3) is 6.80. The van der Waals surface area contributed by atoms with E-state index in [4.69, 9.17) is 16.3 Å². The monoisotopic (exact) mass is 637 g/mol. The van der Waals surface area contributed by atoms with E-state index >= 15 is 0 Å². The van der Waals surface area contributed by atoms with Crippen molar-refractivity contribution in [3.05, 3.63) is 113 Å². The fourth-order valence-electron chi connectivity index (χ4n) is 5.40. The number of hydrogen-bond acceptors (Lipinski definition) is 7. The average molecular weight is 638 g/mol. The zero-order chi connectivity index (χ0) is 31.4. The average Bonchev–Trinajstić information content (AvgIpc) is 3.29. The molecular weight excluding hydrogens is 606 g/mol. The highest BCUT2D eigenvalue weighted by molar-refractivity contribution is 7.89.